The second-order valence-electron chi connectivity index (χ2n) is 7.96. The lowest BCUT2D eigenvalue weighted by Crippen LogP contribution is -2.44. The molecule has 0 saturated carbocycles. The zero-order chi connectivity index (χ0) is 27.4. The number of ether oxygens (including phenoxy) is 1. The third-order valence-electron chi connectivity index (χ3n) is 5.20. The highest BCUT2D eigenvalue weighted by molar-refractivity contribution is 7.66. The maximum absolute atomic E-state index is 12.0. The molecule has 4 rings (SSSR count). The third kappa shape index (κ3) is 5.89. The van der Waals surface area contributed by atoms with Crippen molar-refractivity contribution in [2.45, 2.75) is 31.0 Å². The molecular formula is C15H21N6O13P3. The van der Waals surface area contributed by atoms with Crippen LogP contribution in [0.2, 0.25) is 0 Å². The summed E-state index contributed by atoms with van der Waals surface area (Å²) in [5.74, 6) is 0.0525. The highest BCUT2D eigenvalue weighted by atomic mass is 31.3. The van der Waals surface area contributed by atoms with Crippen molar-refractivity contribution in [3.63, 3.8) is 0 Å². The molecule has 19 nitrogen and oxygen atoms in total. The van der Waals surface area contributed by atoms with Gasteiger partial charge < -0.3 is 40.3 Å². The number of allylic oxidation sites excluding steroid dienone is 1. The molecule has 2 aliphatic heterocycles. The number of fused-ring (bicyclic) bond motifs is 1. The zero-order valence-electron chi connectivity index (χ0n) is 18.6. The number of hydrogen-bond acceptors (Lipinski definition) is 14. The fraction of sp³-hybridized carbons (Fsp3) is 0.467. The van der Waals surface area contributed by atoms with Gasteiger partial charge in [-0.25, -0.2) is 28.3 Å². The van der Waals surface area contributed by atoms with Gasteiger partial charge in [-0.2, -0.15) is 13.7 Å². The number of aliphatic hydroxyl groups is 2. The van der Waals surface area contributed by atoms with Gasteiger partial charge in [-0.15, -0.1) is 0 Å². The summed E-state index contributed by atoms with van der Waals surface area (Å²) in [4.78, 5) is 48.5. The van der Waals surface area contributed by atoms with E-state index < -0.39 is 54.1 Å². The molecule has 0 radical (unpaired) electrons. The number of aliphatic imine (C=N–C) groups is 1. The Morgan fingerprint density at radius 2 is 1.89 bits per heavy atom. The molecule has 2 aliphatic rings. The van der Waals surface area contributed by atoms with E-state index >= 15 is 0 Å². The van der Waals surface area contributed by atoms with E-state index in [2.05, 4.69) is 33.2 Å². The van der Waals surface area contributed by atoms with Gasteiger partial charge in [0.15, 0.2) is 11.9 Å². The second-order valence-corrected chi connectivity index (χ2v) is 12.4. The first-order valence-corrected chi connectivity index (χ1v) is 14.6. The maximum Gasteiger partial charge on any atom is 0.490 e. The van der Waals surface area contributed by atoms with E-state index in [-0.39, 0.29) is 17.2 Å². The molecule has 0 aliphatic carbocycles. The lowest BCUT2D eigenvalue weighted by molar-refractivity contribution is -0.100. The molecule has 0 amide bonds. The molecular weight excluding hydrogens is 565 g/mol. The predicted octanol–water partition coefficient (Wildman–Crippen LogP) is -0.880. The van der Waals surface area contributed by atoms with Crippen LogP contribution in [0.1, 0.15) is 18.8 Å². The van der Waals surface area contributed by atoms with Crippen LogP contribution in [-0.4, -0.2) is 86.2 Å². The van der Waals surface area contributed by atoms with Crippen LogP contribution in [0, 0.1) is 0 Å². The fourth-order valence-corrected chi connectivity index (χ4v) is 6.70. The standard InChI is InChI=1S/C15H21N6O13P3/c1-15(23)11(22)8(5-31-36(27,28)34-37(29,30)33-35(24,25)26)32-14(15)21-13-9(12(16)18-6-19-13)10(20-21)7-3-2-4-17-7/h2-3,6,8,11,14,22-23H,4-5H2,1H3,(H,27,28)(H,29,30)(H2,16,18,19)(H2,24,25,26)/t8-,11-,14-,15-/m1/s1. The Labute approximate surface area is 206 Å². The van der Waals surface area contributed by atoms with E-state index in [4.69, 9.17) is 20.3 Å². The molecule has 37 heavy (non-hydrogen) atoms. The monoisotopic (exact) mass is 586 g/mol. The Morgan fingerprint density at radius 1 is 1.19 bits per heavy atom. The first kappa shape index (κ1) is 28.1. The quantitative estimate of drug-likeness (QED) is 0.175. The Bertz CT molecular complexity index is 1420. The van der Waals surface area contributed by atoms with Crippen molar-refractivity contribution in [3.8, 4) is 0 Å². The van der Waals surface area contributed by atoms with Gasteiger partial charge in [0.05, 0.1) is 24.2 Å². The van der Waals surface area contributed by atoms with Gasteiger partial charge in [0.1, 0.15) is 35.6 Å². The average molecular weight is 586 g/mol. The van der Waals surface area contributed by atoms with Crippen LogP contribution in [0.15, 0.2) is 23.5 Å². The van der Waals surface area contributed by atoms with E-state index in [0.717, 1.165) is 11.0 Å². The molecule has 0 bridgehead atoms. The van der Waals surface area contributed by atoms with Crippen molar-refractivity contribution >= 4 is 46.0 Å². The van der Waals surface area contributed by atoms with Crippen molar-refractivity contribution < 1.29 is 61.4 Å². The summed E-state index contributed by atoms with van der Waals surface area (Å²) in [6.07, 6.45) is -0.199. The summed E-state index contributed by atoms with van der Waals surface area (Å²) in [5.41, 5.74) is 4.74. The van der Waals surface area contributed by atoms with Crippen molar-refractivity contribution in [2.24, 2.45) is 4.99 Å². The molecule has 1 saturated heterocycles. The first-order chi connectivity index (χ1) is 17.0. The van der Waals surface area contributed by atoms with E-state index in [1.165, 1.54) is 6.92 Å². The van der Waals surface area contributed by atoms with E-state index in [1.54, 1.807) is 12.2 Å². The highest BCUT2D eigenvalue weighted by Crippen LogP contribution is 2.66. The number of nitrogen functional groups attached to an aromatic ring is 1. The lowest BCUT2D eigenvalue weighted by atomic mass is 9.97. The van der Waals surface area contributed by atoms with Crippen molar-refractivity contribution in [1.29, 1.82) is 0 Å². The van der Waals surface area contributed by atoms with Crippen molar-refractivity contribution in [2.75, 3.05) is 18.9 Å². The van der Waals surface area contributed by atoms with Gasteiger partial charge in [0.25, 0.3) is 0 Å². The molecule has 6 atom stereocenters. The van der Waals surface area contributed by atoms with Crippen LogP contribution in [0.4, 0.5) is 5.82 Å². The minimum absolute atomic E-state index is 0.0525. The van der Waals surface area contributed by atoms with Gasteiger partial charge in [-0.05, 0) is 13.0 Å². The number of nitrogens with two attached hydrogens (primary N) is 1. The van der Waals surface area contributed by atoms with Crippen LogP contribution in [-0.2, 0) is 31.6 Å². The highest BCUT2D eigenvalue weighted by Gasteiger charge is 2.55. The number of phosphoric acid groups is 3. The van der Waals surface area contributed by atoms with Crippen LogP contribution in [0.25, 0.3) is 11.0 Å². The van der Waals surface area contributed by atoms with Crippen LogP contribution < -0.4 is 5.73 Å². The molecule has 2 aromatic rings. The summed E-state index contributed by atoms with van der Waals surface area (Å²) >= 11 is 0. The van der Waals surface area contributed by atoms with Crippen LogP contribution in [0.3, 0.4) is 0 Å². The van der Waals surface area contributed by atoms with E-state index in [0.29, 0.717) is 17.6 Å². The third-order valence-corrected chi connectivity index (χ3v) is 9.00. The minimum Gasteiger partial charge on any atom is -0.387 e. The number of aliphatic hydroxyl groups excluding tert-OH is 1. The normalized spacial score (nSPS) is 29.4. The minimum atomic E-state index is -5.75. The Morgan fingerprint density at radius 3 is 2.51 bits per heavy atom. The molecule has 4 heterocycles. The topological polar surface area (TPSA) is 291 Å². The zero-order valence-corrected chi connectivity index (χ0v) is 21.3. The smallest absolute Gasteiger partial charge is 0.387 e. The van der Waals surface area contributed by atoms with Crippen molar-refractivity contribution in [3.05, 3.63) is 24.2 Å². The SMILES string of the molecule is C[C@@]1(O)[C@H](O)[C@@H](COP(=O)(O)OP(=O)(O)OP(=O)(O)O)O[C@H]1n1nc(C2=NCC=C2)c2c(N)ncnc21. The Kier molecular flexibility index (Phi) is 7.33. The second kappa shape index (κ2) is 9.66. The summed E-state index contributed by atoms with van der Waals surface area (Å²) < 4.78 is 52.8. The molecule has 0 spiro atoms. The summed E-state index contributed by atoms with van der Waals surface area (Å²) in [5, 5.41) is 26.4. The fourth-order valence-electron chi connectivity index (χ4n) is 3.67. The molecule has 2 aromatic heterocycles. The molecule has 0 aromatic carbocycles. The summed E-state index contributed by atoms with van der Waals surface area (Å²) in [6.45, 7) is 0.574. The number of phosphoric ester groups is 1. The summed E-state index contributed by atoms with van der Waals surface area (Å²) in [6, 6.07) is 0. The van der Waals surface area contributed by atoms with Gasteiger partial charge in [0, 0.05) is 0 Å². The average Bonchev–Trinajstić information content (AvgIpc) is 3.43. The number of anilines is 1. The number of rotatable bonds is 9. The molecule has 8 N–H and O–H groups in total. The van der Waals surface area contributed by atoms with Gasteiger partial charge >= 0.3 is 23.5 Å². The van der Waals surface area contributed by atoms with Gasteiger partial charge in [0.2, 0.25) is 0 Å². The van der Waals surface area contributed by atoms with Gasteiger partial charge in [-0.3, -0.25) is 9.52 Å². The largest absolute Gasteiger partial charge is 0.490 e. The summed E-state index contributed by atoms with van der Waals surface area (Å²) in [7, 11) is -16.8. The number of hydrogen-bond donors (Lipinski definition) is 7. The number of aromatic nitrogens is 4. The Hall–Kier alpha value is -1.95. The van der Waals surface area contributed by atoms with E-state index in [1.807, 2.05) is 0 Å². The van der Waals surface area contributed by atoms with Crippen LogP contribution >= 0.6 is 23.5 Å². The first-order valence-electron chi connectivity index (χ1n) is 10.0. The molecule has 2 unspecified atom stereocenters. The Balaban J connectivity index is 1.58. The van der Waals surface area contributed by atoms with E-state index in [9.17, 15) is 33.7 Å². The molecule has 204 valence electrons. The molecule has 1 fully saturated rings. The molecule has 22 heteroatoms. The number of nitrogens with zero attached hydrogens (tertiary/aromatic N) is 5. The van der Waals surface area contributed by atoms with Crippen molar-refractivity contribution in [1.82, 2.24) is 19.7 Å². The van der Waals surface area contributed by atoms with Crippen LogP contribution in [0.5, 0.6) is 0 Å². The maximum atomic E-state index is 12.0. The predicted molar refractivity (Wildman–Crippen MR) is 121 cm³/mol. The lowest BCUT2D eigenvalue weighted by Gasteiger charge is -2.26. The van der Waals surface area contributed by atoms with Gasteiger partial charge in [-0.1, -0.05) is 6.08 Å².